The number of carbonyl (C=O) groups excluding carboxylic acids is 1. The van der Waals surface area contributed by atoms with Crippen LogP contribution in [0.4, 0.5) is 0 Å². The van der Waals surface area contributed by atoms with Crippen molar-refractivity contribution in [1.29, 1.82) is 0 Å². The van der Waals surface area contributed by atoms with Gasteiger partial charge in [0.2, 0.25) is 0 Å². The molecule has 4 heteroatoms. The van der Waals surface area contributed by atoms with Gasteiger partial charge in [-0.2, -0.15) is 0 Å². The highest BCUT2D eigenvalue weighted by Gasteiger charge is 2.23. The molecule has 0 heterocycles. The minimum Gasteiger partial charge on any atom is -0.387 e. The first kappa shape index (κ1) is 17.7. The molecule has 0 aliphatic heterocycles. The van der Waals surface area contributed by atoms with Gasteiger partial charge >= 0.3 is 0 Å². The lowest BCUT2D eigenvalue weighted by Crippen LogP contribution is -2.36. The molecular weight excluding hydrogens is 310 g/mol. The first-order valence-corrected chi connectivity index (χ1v) is 8.05. The number of halogens is 1. The normalized spacial score (nSPS) is 15.0. The first-order valence-electron chi connectivity index (χ1n) is 7.67. The molecule has 1 unspecified atom stereocenters. The Hall–Kier alpha value is -1.68. The van der Waals surface area contributed by atoms with Crippen LogP contribution in [-0.4, -0.2) is 16.9 Å². The lowest BCUT2D eigenvalue weighted by atomic mass is 9.88. The maximum absolute atomic E-state index is 11.3. The second-order valence-electron chi connectivity index (χ2n) is 6.01. The molecule has 0 aromatic heterocycles. The van der Waals surface area contributed by atoms with Gasteiger partial charge in [-0.3, -0.25) is 4.79 Å². The molecule has 2 aromatic rings. The molecule has 2 aromatic carbocycles. The molecule has 0 fully saturated rings. The van der Waals surface area contributed by atoms with Gasteiger partial charge in [-0.1, -0.05) is 54.9 Å². The van der Waals surface area contributed by atoms with E-state index in [0.29, 0.717) is 10.6 Å². The number of aliphatic hydroxyl groups is 1. The van der Waals surface area contributed by atoms with Crippen LogP contribution in [0.5, 0.6) is 0 Å². The number of hydrogen-bond acceptors (Lipinski definition) is 3. The van der Waals surface area contributed by atoms with Gasteiger partial charge in [0, 0.05) is 16.6 Å². The van der Waals surface area contributed by atoms with Crippen molar-refractivity contribution < 1.29 is 9.90 Å². The molecule has 0 bridgehead atoms. The maximum atomic E-state index is 11.3. The van der Waals surface area contributed by atoms with Crippen molar-refractivity contribution in [3.05, 3.63) is 70.2 Å². The highest BCUT2D eigenvalue weighted by Crippen LogP contribution is 2.25. The Labute approximate surface area is 142 Å². The highest BCUT2D eigenvalue weighted by atomic mass is 35.5. The van der Waals surface area contributed by atoms with E-state index in [2.05, 4.69) is 0 Å². The summed E-state index contributed by atoms with van der Waals surface area (Å²) >= 11 is 5.96. The van der Waals surface area contributed by atoms with E-state index in [1.54, 1.807) is 25.1 Å². The zero-order valence-electron chi connectivity index (χ0n) is 13.4. The average Bonchev–Trinajstić information content (AvgIpc) is 2.54. The van der Waals surface area contributed by atoms with Crippen LogP contribution in [0.1, 0.15) is 41.4 Å². The second kappa shape index (κ2) is 7.73. The van der Waals surface area contributed by atoms with Crippen LogP contribution in [0.3, 0.4) is 0 Å². The van der Waals surface area contributed by atoms with Crippen LogP contribution < -0.4 is 5.73 Å². The predicted octanol–water partition coefficient (Wildman–Crippen LogP) is 3.78. The van der Waals surface area contributed by atoms with E-state index in [9.17, 15) is 9.90 Å². The number of rotatable bonds is 6. The third-order valence-electron chi connectivity index (χ3n) is 4.13. The van der Waals surface area contributed by atoms with Crippen molar-refractivity contribution in [1.82, 2.24) is 0 Å². The summed E-state index contributed by atoms with van der Waals surface area (Å²) in [4.78, 5) is 11.3. The molecule has 0 aliphatic rings. The molecule has 0 saturated carbocycles. The molecule has 3 N–H and O–H groups in total. The van der Waals surface area contributed by atoms with Crippen molar-refractivity contribution in [3.63, 3.8) is 0 Å². The Bertz CT molecular complexity index is 669. The van der Waals surface area contributed by atoms with Gasteiger partial charge in [0.15, 0.2) is 5.78 Å². The summed E-state index contributed by atoms with van der Waals surface area (Å²) in [6, 6.07) is 14.2. The quantitative estimate of drug-likeness (QED) is 0.792. The van der Waals surface area contributed by atoms with Crippen molar-refractivity contribution in [2.45, 2.75) is 32.4 Å². The molecule has 0 aliphatic carbocycles. The number of benzene rings is 2. The molecule has 0 amide bonds. The predicted molar refractivity (Wildman–Crippen MR) is 93.7 cm³/mol. The molecule has 0 saturated heterocycles. The molecule has 3 atom stereocenters. The Balaban J connectivity index is 2.04. The number of hydrogen-bond donors (Lipinski definition) is 2. The lowest BCUT2D eigenvalue weighted by Gasteiger charge is -2.25. The van der Waals surface area contributed by atoms with Crippen LogP contribution in [-0.2, 0) is 6.42 Å². The Kier molecular flexibility index (Phi) is 5.94. The van der Waals surface area contributed by atoms with Crippen LogP contribution in [0, 0.1) is 5.92 Å². The van der Waals surface area contributed by atoms with Crippen molar-refractivity contribution in [2.75, 3.05) is 0 Å². The molecule has 122 valence electrons. The fourth-order valence-electron chi connectivity index (χ4n) is 2.61. The smallest absolute Gasteiger partial charge is 0.159 e. The second-order valence-corrected chi connectivity index (χ2v) is 6.45. The first-order chi connectivity index (χ1) is 10.9. The minimum absolute atomic E-state index is 0.0534. The number of ketones is 1. The minimum atomic E-state index is -0.764. The van der Waals surface area contributed by atoms with Gasteiger partial charge in [-0.15, -0.1) is 0 Å². The van der Waals surface area contributed by atoms with E-state index in [0.717, 1.165) is 17.5 Å². The average molecular weight is 332 g/mol. The summed E-state index contributed by atoms with van der Waals surface area (Å²) in [6.07, 6.45) is -0.0306. The Morgan fingerprint density at radius 2 is 1.87 bits per heavy atom. The molecular formula is C19H22ClNO2. The van der Waals surface area contributed by atoms with Gasteiger partial charge in [0.25, 0.3) is 0 Å². The Morgan fingerprint density at radius 3 is 2.43 bits per heavy atom. The lowest BCUT2D eigenvalue weighted by molar-refractivity contribution is 0.101. The summed E-state index contributed by atoms with van der Waals surface area (Å²) in [6.45, 7) is 3.56. The summed E-state index contributed by atoms with van der Waals surface area (Å²) in [5.41, 5.74) is 8.74. The van der Waals surface area contributed by atoms with E-state index in [1.807, 2.05) is 37.3 Å². The van der Waals surface area contributed by atoms with E-state index in [1.165, 1.54) is 0 Å². The van der Waals surface area contributed by atoms with Gasteiger partial charge in [0.1, 0.15) is 0 Å². The standard InChI is InChI=1S/C19H22ClNO2/c1-12(10-14-6-8-15(9-7-14)13(2)22)18(21)19(23)16-4-3-5-17(20)11-16/h3-9,11-12,18-19,23H,10,21H2,1-2H3/t12?,18-,19-/m1/s1. The Morgan fingerprint density at radius 1 is 1.22 bits per heavy atom. The van der Waals surface area contributed by atoms with Crippen LogP contribution in [0.2, 0.25) is 5.02 Å². The monoisotopic (exact) mass is 331 g/mol. The van der Waals surface area contributed by atoms with E-state index in [4.69, 9.17) is 17.3 Å². The third kappa shape index (κ3) is 4.64. The fourth-order valence-corrected chi connectivity index (χ4v) is 2.81. The highest BCUT2D eigenvalue weighted by molar-refractivity contribution is 6.30. The topological polar surface area (TPSA) is 63.3 Å². The number of nitrogens with two attached hydrogens (primary N) is 1. The van der Waals surface area contributed by atoms with Gasteiger partial charge in [-0.25, -0.2) is 0 Å². The van der Waals surface area contributed by atoms with Gasteiger partial charge in [-0.05, 0) is 42.5 Å². The SMILES string of the molecule is CC(=O)c1ccc(CC(C)[C@@H](N)[C@H](O)c2cccc(Cl)c2)cc1. The molecule has 0 spiro atoms. The molecule has 3 nitrogen and oxygen atoms in total. The van der Waals surface area contributed by atoms with Crippen LogP contribution in [0.25, 0.3) is 0 Å². The third-order valence-corrected chi connectivity index (χ3v) is 4.37. The van der Waals surface area contributed by atoms with E-state index in [-0.39, 0.29) is 11.7 Å². The summed E-state index contributed by atoms with van der Waals surface area (Å²) in [7, 11) is 0. The summed E-state index contributed by atoms with van der Waals surface area (Å²) in [5.74, 6) is 0.129. The molecule has 23 heavy (non-hydrogen) atoms. The number of carbonyl (C=O) groups is 1. The number of aliphatic hydroxyl groups excluding tert-OH is 1. The maximum Gasteiger partial charge on any atom is 0.159 e. The van der Waals surface area contributed by atoms with Crippen molar-refractivity contribution >= 4 is 17.4 Å². The van der Waals surface area contributed by atoms with Crippen LogP contribution in [0.15, 0.2) is 48.5 Å². The van der Waals surface area contributed by atoms with Crippen LogP contribution >= 0.6 is 11.6 Å². The summed E-state index contributed by atoms with van der Waals surface area (Å²) < 4.78 is 0. The largest absolute Gasteiger partial charge is 0.387 e. The van der Waals surface area contributed by atoms with Crippen molar-refractivity contribution in [3.8, 4) is 0 Å². The fraction of sp³-hybridized carbons (Fsp3) is 0.316. The van der Waals surface area contributed by atoms with E-state index >= 15 is 0 Å². The molecule has 0 radical (unpaired) electrons. The van der Waals surface area contributed by atoms with Gasteiger partial charge < -0.3 is 10.8 Å². The van der Waals surface area contributed by atoms with Gasteiger partial charge in [0.05, 0.1) is 6.10 Å². The summed E-state index contributed by atoms with van der Waals surface area (Å²) in [5, 5.41) is 11.0. The zero-order valence-corrected chi connectivity index (χ0v) is 14.1. The molecule has 2 rings (SSSR count). The van der Waals surface area contributed by atoms with E-state index < -0.39 is 12.1 Å². The zero-order chi connectivity index (χ0) is 17.0. The number of Topliss-reactive ketones (excluding diaryl/α,β-unsaturated/α-hetero) is 1. The van der Waals surface area contributed by atoms with Crippen molar-refractivity contribution in [2.24, 2.45) is 11.7 Å².